The lowest BCUT2D eigenvalue weighted by Crippen LogP contribution is -2.52. The number of carbonyl (C=O) groups is 6. The van der Waals surface area contributed by atoms with Crippen molar-refractivity contribution in [3.8, 4) is 43.4 Å². The molecule has 8 N–H and O–H groups in total. The molecule has 0 saturated carbocycles. The lowest BCUT2D eigenvalue weighted by Gasteiger charge is -2.34. The number of allylic oxidation sites excluding steroid dienone is 1. The molecule has 5 amide bonds. The van der Waals surface area contributed by atoms with Crippen LogP contribution in [0, 0.1) is 5.92 Å². The zero-order chi connectivity index (χ0) is 55.5. The summed E-state index contributed by atoms with van der Waals surface area (Å²) < 4.78 is 9.96. The van der Waals surface area contributed by atoms with Gasteiger partial charge in [-0.3, -0.25) is 24.0 Å². The van der Waals surface area contributed by atoms with Gasteiger partial charge in [-0.2, -0.15) is 0 Å². The highest BCUT2D eigenvalue weighted by molar-refractivity contribution is 7.15. The molecule has 1 aliphatic rings. The summed E-state index contributed by atoms with van der Waals surface area (Å²) in [6.45, 7) is 9.34. The van der Waals surface area contributed by atoms with Gasteiger partial charge in [-0.05, 0) is 45.7 Å². The minimum Gasteiger partial charge on any atom is -0.502 e. The fourth-order valence-corrected chi connectivity index (χ4v) is 12.4. The lowest BCUT2D eigenvalue weighted by atomic mass is 9.91. The number of nitrogens with one attached hydrogen (secondary N) is 5. The minimum absolute atomic E-state index is 0.00676. The van der Waals surface area contributed by atoms with Crippen LogP contribution in [0.1, 0.15) is 111 Å². The van der Waals surface area contributed by atoms with Crippen LogP contribution in [0.2, 0.25) is 0 Å². The molecule has 0 aromatic carbocycles. The van der Waals surface area contributed by atoms with Crippen LogP contribution in [0.3, 0.4) is 0 Å². The van der Waals surface area contributed by atoms with Crippen molar-refractivity contribution in [2.75, 3.05) is 14.2 Å². The molecule has 0 fully saturated rings. The van der Waals surface area contributed by atoms with Gasteiger partial charge in [-0.1, -0.05) is 19.9 Å². The van der Waals surface area contributed by atoms with Gasteiger partial charge in [-0.25, -0.2) is 39.7 Å². The Morgan fingerprint density at radius 3 is 1.90 bits per heavy atom. The average Bonchev–Trinajstić information content (AvgIpc) is 4.32. The molecule has 8 rings (SSSR count). The van der Waals surface area contributed by atoms with E-state index in [0.29, 0.717) is 32.0 Å². The second kappa shape index (κ2) is 23.7. The van der Waals surface area contributed by atoms with Crippen LogP contribution in [-0.4, -0.2) is 124 Å². The summed E-state index contributed by atoms with van der Waals surface area (Å²) in [5.74, 6) is -4.52. The first-order valence-electron chi connectivity index (χ1n) is 23.1. The van der Waals surface area contributed by atoms with Crippen LogP contribution in [0.5, 0.6) is 0 Å². The fourth-order valence-electron chi connectivity index (χ4n) is 7.25. The van der Waals surface area contributed by atoms with Crippen LogP contribution >= 0.6 is 68.0 Å². The highest BCUT2D eigenvalue weighted by Gasteiger charge is 2.42. The van der Waals surface area contributed by atoms with Gasteiger partial charge in [0.2, 0.25) is 5.91 Å². The number of esters is 1. The maximum Gasteiger partial charge on any atom is 0.354 e. The Bertz CT molecular complexity index is 3440. The first-order chi connectivity index (χ1) is 36.7. The third-order valence-corrected chi connectivity index (χ3v) is 17.0. The lowest BCUT2D eigenvalue weighted by molar-refractivity contribution is -0.136. The number of thiazole rings is 6. The summed E-state index contributed by atoms with van der Waals surface area (Å²) in [6, 6.07) is -0.157. The van der Waals surface area contributed by atoms with E-state index in [1.165, 1.54) is 80.2 Å². The molecule has 7 aromatic heterocycles. The van der Waals surface area contributed by atoms with E-state index in [2.05, 4.69) is 46.5 Å². The zero-order valence-corrected chi connectivity index (χ0v) is 46.8. The van der Waals surface area contributed by atoms with E-state index < -0.39 is 71.4 Å². The molecule has 77 heavy (non-hydrogen) atoms. The number of aromatic nitrogens is 7. The number of hydrogen-bond acceptors (Lipinski definition) is 24. The number of pyridine rings is 1. The van der Waals surface area contributed by atoms with Crippen molar-refractivity contribution in [3.63, 3.8) is 0 Å². The monoisotopic (exact) mass is 1160 g/mol. The first-order valence-corrected chi connectivity index (χ1v) is 28.4. The predicted octanol–water partition coefficient (Wildman–Crippen LogP) is 5.58. The molecule has 0 aliphatic carbocycles. The Balaban J connectivity index is 1.21. The fraction of sp³-hybridized carbons (Fsp3) is 0.312. The van der Waals surface area contributed by atoms with Gasteiger partial charge in [0, 0.05) is 37.8 Å². The molecule has 0 saturated heterocycles. The highest BCUT2D eigenvalue weighted by Crippen LogP contribution is 2.40. The molecule has 1 aliphatic heterocycles. The van der Waals surface area contributed by atoms with Gasteiger partial charge < -0.3 is 51.4 Å². The zero-order valence-electron chi connectivity index (χ0n) is 41.9. The van der Waals surface area contributed by atoms with Crippen LogP contribution < -0.4 is 26.6 Å². The molecule has 0 spiro atoms. The Labute approximate surface area is 462 Å². The molecule has 402 valence electrons. The van der Waals surface area contributed by atoms with Crippen molar-refractivity contribution >= 4 is 109 Å². The first kappa shape index (κ1) is 56.1. The summed E-state index contributed by atoms with van der Waals surface area (Å²) in [7, 11) is 2.54. The Kier molecular flexibility index (Phi) is 17.2. The number of rotatable bonds is 10. The van der Waals surface area contributed by atoms with Crippen molar-refractivity contribution in [2.45, 2.75) is 77.5 Å². The summed E-state index contributed by atoms with van der Waals surface area (Å²) in [6.07, 6.45) is -0.217. The summed E-state index contributed by atoms with van der Waals surface area (Å²) >= 11 is 6.67. The molecule has 0 radical (unpaired) electrons. The van der Waals surface area contributed by atoms with Gasteiger partial charge in [0.15, 0.2) is 0 Å². The molecule has 8 bridgehead atoms. The van der Waals surface area contributed by atoms with Gasteiger partial charge in [0.25, 0.3) is 23.6 Å². The highest BCUT2D eigenvalue weighted by atomic mass is 32.1. The van der Waals surface area contributed by atoms with Crippen LogP contribution in [0.25, 0.3) is 49.1 Å². The maximum atomic E-state index is 14.2. The van der Waals surface area contributed by atoms with Crippen LogP contribution in [0.15, 0.2) is 62.4 Å². The van der Waals surface area contributed by atoms with E-state index in [1.54, 1.807) is 29.8 Å². The Hall–Kier alpha value is -7.09. The smallest absolute Gasteiger partial charge is 0.354 e. The second-order valence-corrected chi connectivity index (χ2v) is 22.7. The number of fused-ring (bicyclic) bond motifs is 11. The number of hydrogen-bond donors (Lipinski definition) is 8. The Morgan fingerprint density at radius 1 is 0.675 bits per heavy atom. The standard InChI is InChI=1S/C48H48N12O11S6/c1-9-23(47(68)71-8)50-36(63)27-15-74-44(55-27)31-18-75-42(57-31)24-11-10-22-34(49-24)26-13-77-46(52-26)35(48(6,69)21(5)62)60-39(66)30-17-76-45(56-30)32(19(2)3)58-37(64)29-16-73-43(54-29)25(12-70-7)51-40(67)33(20(4)61)59-38(65)28-14-72-41(22)53-28/h9-21,32-33,35,61-62,69H,1-8H3,(H,50,63)(H,51,67)(H,58,64)(H,59,65)(H,60,66)/b23-9+,25-12-. The van der Waals surface area contributed by atoms with Gasteiger partial charge in [-0.15, -0.1) is 68.0 Å². The summed E-state index contributed by atoms with van der Waals surface area (Å²) in [5.41, 5.74) is -0.471. The van der Waals surface area contributed by atoms with Gasteiger partial charge in [0.05, 0.1) is 38.2 Å². The maximum absolute atomic E-state index is 14.2. The SMILES string of the molecule is C/C=C(/NC(=O)c1csc(-c2csc(-c3ccc4c(n3)-c3csc(n3)C(C(C)(O)C(C)O)NC(=O)c3csc(n3)C(C(C)C)NC(=O)c3csc(n3)/C(=C/OC)NC(=O)C(C(C)O)NC(=O)c3csc-4n3)n2)n1)C(=O)OC. The quantitative estimate of drug-likeness (QED) is 0.0471. The van der Waals surface area contributed by atoms with Crippen molar-refractivity contribution in [2.24, 2.45) is 5.92 Å². The van der Waals surface area contributed by atoms with E-state index in [1.807, 2.05) is 13.8 Å². The number of amides is 5. The topological polar surface area (TPSA) is 332 Å². The number of aliphatic hydroxyl groups excluding tert-OH is 2. The molecular weight excluding hydrogens is 1110 g/mol. The molecular formula is C48H48N12O11S6. The van der Waals surface area contributed by atoms with E-state index >= 15 is 0 Å². The number of ether oxygens (including phenoxy) is 2. The molecule has 6 atom stereocenters. The molecule has 7 aromatic rings. The van der Waals surface area contributed by atoms with Crippen LogP contribution in [-0.2, 0) is 19.1 Å². The van der Waals surface area contributed by atoms with Crippen molar-refractivity contribution in [1.29, 1.82) is 0 Å². The minimum atomic E-state index is -2.01. The summed E-state index contributed by atoms with van der Waals surface area (Å²) in [5, 5.41) is 58.4. The predicted molar refractivity (Wildman–Crippen MR) is 290 cm³/mol. The van der Waals surface area contributed by atoms with Crippen molar-refractivity contribution < 1.29 is 53.6 Å². The number of nitrogens with zero attached hydrogens (tertiary/aromatic N) is 7. The summed E-state index contributed by atoms with van der Waals surface area (Å²) in [4.78, 5) is 114. The largest absolute Gasteiger partial charge is 0.502 e. The molecule has 23 nitrogen and oxygen atoms in total. The number of carbonyl (C=O) groups excluding carboxylic acids is 6. The number of aliphatic hydroxyl groups is 3. The molecule has 29 heteroatoms. The van der Waals surface area contributed by atoms with E-state index in [0.717, 1.165) is 56.7 Å². The van der Waals surface area contributed by atoms with E-state index in [4.69, 9.17) is 24.4 Å². The van der Waals surface area contributed by atoms with E-state index in [-0.39, 0.29) is 66.5 Å². The van der Waals surface area contributed by atoms with Crippen molar-refractivity contribution in [3.05, 3.63) is 100 Å². The molecule has 8 heterocycles. The average molecular weight is 1160 g/mol. The third-order valence-electron chi connectivity index (χ3n) is 11.7. The van der Waals surface area contributed by atoms with Crippen LogP contribution in [0.4, 0.5) is 0 Å². The molecule has 6 unspecified atom stereocenters. The van der Waals surface area contributed by atoms with Crippen molar-refractivity contribution in [1.82, 2.24) is 61.5 Å². The third kappa shape index (κ3) is 12.2. The van der Waals surface area contributed by atoms with E-state index in [9.17, 15) is 44.1 Å². The second-order valence-electron chi connectivity index (χ2n) is 17.5. The Morgan fingerprint density at radius 2 is 1.23 bits per heavy atom. The van der Waals surface area contributed by atoms with Gasteiger partial charge >= 0.3 is 5.97 Å². The normalized spacial score (nSPS) is 18.8. The number of methoxy groups -OCH3 is 2. The van der Waals surface area contributed by atoms with Gasteiger partial charge in [0.1, 0.15) is 105 Å².